The van der Waals surface area contributed by atoms with Crippen molar-refractivity contribution in [3.05, 3.63) is 54.3 Å². The number of nitrogens with one attached hydrogen (secondary N) is 1. The lowest BCUT2D eigenvalue weighted by Crippen LogP contribution is -2.36. The van der Waals surface area contributed by atoms with E-state index in [1.54, 1.807) is 18.5 Å². The second-order valence-electron chi connectivity index (χ2n) is 9.20. The monoisotopic (exact) mass is 498 g/mol. The number of carbonyl (C=O) groups is 1. The molecule has 11 heteroatoms. The molecule has 1 amide bonds. The summed E-state index contributed by atoms with van der Waals surface area (Å²) in [5, 5.41) is -0.350. The Bertz CT molecular complexity index is 1260. The van der Waals surface area contributed by atoms with Gasteiger partial charge in [0.05, 0.1) is 34.9 Å². The van der Waals surface area contributed by atoms with Gasteiger partial charge in [0.25, 0.3) is 0 Å². The van der Waals surface area contributed by atoms with Crippen LogP contribution in [-0.4, -0.2) is 45.6 Å². The molecule has 2 aliphatic rings. The number of hydrogen-bond acceptors (Lipinski definition) is 8. The Kier molecular flexibility index (Phi) is 7.15. The van der Waals surface area contributed by atoms with E-state index in [9.17, 15) is 13.2 Å². The van der Waals surface area contributed by atoms with Crippen LogP contribution in [0.25, 0.3) is 5.57 Å². The first-order valence-electron chi connectivity index (χ1n) is 11.7. The lowest BCUT2D eigenvalue weighted by Gasteiger charge is -2.29. The van der Waals surface area contributed by atoms with Crippen LogP contribution >= 0.6 is 0 Å². The number of carbonyl (C=O) groups excluding carboxylic acids is 1. The van der Waals surface area contributed by atoms with Crippen LogP contribution < -0.4 is 15.2 Å². The molecule has 35 heavy (non-hydrogen) atoms. The summed E-state index contributed by atoms with van der Waals surface area (Å²) in [4.78, 5) is 29.4. The highest BCUT2D eigenvalue weighted by Crippen LogP contribution is 2.37. The molecule has 10 nitrogen and oxygen atoms in total. The smallest absolute Gasteiger partial charge is 0.237 e. The summed E-state index contributed by atoms with van der Waals surface area (Å²) in [6.45, 7) is 3.84. The van der Waals surface area contributed by atoms with Gasteiger partial charge in [0, 0.05) is 11.9 Å². The third-order valence-electron chi connectivity index (χ3n) is 5.99. The van der Waals surface area contributed by atoms with Crippen LogP contribution in [0.1, 0.15) is 57.3 Å². The average Bonchev–Trinajstić information content (AvgIpc) is 3.66. The molecular weight excluding hydrogens is 468 g/mol. The van der Waals surface area contributed by atoms with Crippen molar-refractivity contribution < 1.29 is 17.9 Å². The summed E-state index contributed by atoms with van der Waals surface area (Å²) in [5.41, 5.74) is 7.21. The van der Waals surface area contributed by atoms with Gasteiger partial charge in [-0.1, -0.05) is 18.2 Å². The molecule has 2 heterocycles. The third kappa shape index (κ3) is 6.21. The minimum Gasteiger partial charge on any atom is -0.474 e. The topological polar surface area (TPSA) is 150 Å². The van der Waals surface area contributed by atoms with E-state index in [1.807, 2.05) is 32.1 Å². The maximum Gasteiger partial charge on any atom is 0.237 e. The number of sulfonamides is 1. The zero-order valence-corrected chi connectivity index (χ0v) is 20.7. The molecule has 1 unspecified atom stereocenters. The van der Waals surface area contributed by atoms with Gasteiger partial charge in [-0.25, -0.2) is 23.4 Å². The number of nitrogens with two attached hydrogens (primary N) is 1. The molecule has 1 fully saturated rings. The molecule has 0 aromatic carbocycles. The molecule has 0 radical (unpaired) electrons. The Morgan fingerprint density at radius 1 is 1.29 bits per heavy atom. The first kappa shape index (κ1) is 24.8. The molecule has 0 aliphatic heterocycles. The van der Waals surface area contributed by atoms with Crippen LogP contribution in [0.4, 0.5) is 5.95 Å². The second kappa shape index (κ2) is 10.1. The van der Waals surface area contributed by atoms with Crippen molar-refractivity contribution in [2.45, 2.75) is 63.7 Å². The summed E-state index contributed by atoms with van der Waals surface area (Å²) in [5.74, 6) is 0.128. The van der Waals surface area contributed by atoms with Crippen LogP contribution in [0.5, 0.6) is 5.88 Å². The highest BCUT2D eigenvalue weighted by atomic mass is 32.2. The fourth-order valence-corrected chi connectivity index (χ4v) is 5.18. The quantitative estimate of drug-likeness (QED) is 0.480. The number of anilines is 1. The van der Waals surface area contributed by atoms with Gasteiger partial charge in [-0.05, 0) is 64.0 Å². The minimum absolute atomic E-state index is 0.0118. The number of hydrogen-bond donors (Lipinski definition) is 2. The van der Waals surface area contributed by atoms with Crippen molar-refractivity contribution in [3.8, 4) is 5.88 Å². The van der Waals surface area contributed by atoms with Gasteiger partial charge >= 0.3 is 0 Å². The number of rotatable bonds is 11. The summed E-state index contributed by atoms with van der Waals surface area (Å²) in [7, 11) is -3.42. The van der Waals surface area contributed by atoms with Crippen LogP contribution in [0.3, 0.4) is 0 Å². The molecule has 0 saturated heterocycles. The second-order valence-corrected chi connectivity index (χ2v) is 11.2. The molecule has 0 spiro atoms. The first-order valence-corrected chi connectivity index (χ1v) is 13.2. The van der Waals surface area contributed by atoms with Crippen LogP contribution in [0.2, 0.25) is 0 Å². The highest BCUT2D eigenvalue weighted by Gasteiger charge is 2.36. The molecular formula is C24H30N6O4S. The van der Waals surface area contributed by atoms with Gasteiger partial charge in [0.1, 0.15) is 0 Å². The van der Waals surface area contributed by atoms with Crippen molar-refractivity contribution >= 4 is 27.5 Å². The zero-order chi connectivity index (χ0) is 25.1. The molecule has 186 valence electrons. The molecule has 2 aromatic heterocycles. The number of amides is 1. The van der Waals surface area contributed by atoms with Gasteiger partial charge < -0.3 is 10.5 Å². The van der Waals surface area contributed by atoms with Gasteiger partial charge in [0.2, 0.25) is 27.8 Å². The molecule has 1 saturated carbocycles. The number of aryl methyl sites for hydroxylation is 1. The van der Waals surface area contributed by atoms with E-state index in [0.29, 0.717) is 55.8 Å². The molecule has 0 bridgehead atoms. The highest BCUT2D eigenvalue weighted by molar-refractivity contribution is 7.93. The van der Waals surface area contributed by atoms with E-state index in [0.717, 1.165) is 5.57 Å². The fraction of sp³-hybridized carbons (Fsp3) is 0.458. The van der Waals surface area contributed by atoms with Gasteiger partial charge in [-0.15, -0.1) is 0 Å². The van der Waals surface area contributed by atoms with E-state index in [4.69, 9.17) is 10.5 Å². The maximum atomic E-state index is 12.4. The van der Waals surface area contributed by atoms with Crippen LogP contribution in [0, 0.1) is 5.41 Å². The third-order valence-corrected chi connectivity index (χ3v) is 7.81. The molecule has 2 aromatic rings. The van der Waals surface area contributed by atoms with Gasteiger partial charge in [-0.3, -0.25) is 14.5 Å². The summed E-state index contributed by atoms with van der Waals surface area (Å²) in [6, 6.07) is 1.74. The van der Waals surface area contributed by atoms with Crippen molar-refractivity contribution in [2.24, 2.45) is 11.1 Å². The maximum absolute atomic E-state index is 12.4. The van der Waals surface area contributed by atoms with Crippen molar-refractivity contribution in [2.75, 3.05) is 4.72 Å². The van der Waals surface area contributed by atoms with E-state index in [1.165, 1.54) is 6.20 Å². The molecule has 2 aliphatic carbocycles. The molecule has 1 atom stereocenters. The van der Waals surface area contributed by atoms with E-state index >= 15 is 0 Å². The van der Waals surface area contributed by atoms with Crippen molar-refractivity contribution in [1.82, 2.24) is 19.9 Å². The predicted molar refractivity (Wildman–Crippen MR) is 132 cm³/mol. The largest absolute Gasteiger partial charge is 0.474 e. The van der Waals surface area contributed by atoms with Crippen LogP contribution in [0.15, 0.2) is 42.9 Å². The standard InChI is InChI=1S/C24H30N6O4S/c1-16(2)34-21-15-26-14-20(29-21)17-7-11-24(12-8-17,22(25)31)10-3-4-18-9-13-27-23(28-18)30-35(32,33)19-5-6-19/h7-9,11,13-16,19H,3-6,10,12H2,1-2H3,(H2,25,31)(H,27,28,30). The summed E-state index contributed by atoms with van der Waals surface area (Å²) < 4.78 is 32.3. The number of ether oxygens (including phenoxy) is 1. The Hall–Kier alpha value is -3.34. The molecule has 4 rings (SSSR count). The lowest BCUT2D eigenvalue weighted by molar-refractivity contribution is -0.125. The Morgan fingerprint density at radius 3 is 2.74 bits per heavy atom. The van der Waals surface area contributed by atoms with E-state index in [-0.39, 0.29) is 17.3 Å². The number of aromatic nitrogens is 4. The zero-order valence-electron chi connectivity index (χ0n) is 19.8. The summed E-state index contributed by atoms with van der Waals surface area (Å²) in [6.07, 6.45) is 13.9. The number of allylic oxidation sites excluding steroid dienone is 3. The van der Waals surface area contributed by atoms with Crippen LogP contribution in [-0.2, 0) is 21.2 Å². The first-order chi connectivity index (χ1) is 16.7. The van der Waals surface area contributed by atoms with E-state index < -0.39 is 21.3 Å². The normalized spacial score (nSPS) is 19.9. The Labute approximate surface area is 205 Å². The lowest BCUT2D eigenvalue weighted by atomic mass is 9.75. The minimum atomic E-state index is -3.42. The SMILES string of the molecule is CC(C)Oc1cncc(C2=CCC(CCCc3ccnc(NS(=O)(=O)C4CC4)n3)(C(N)=O)C=C2)n1. The van der Waals surface area contributed by atoms with Gasteiger partial charge in [0.15, 0.2) is 0 Å². The number of nitrogens with zero attached hydrogens (tertiary/aromatic N) is 4. The number of primary amides is 1. The van der Waals surface area contributed by atoms with E-state index in [2.05, 4.69) is 24.7 Å². The predicted octanol–water partition coefficient (Wildman–Crippen LogP) is 2.80. The Morgan fingerprint density at radius 2 is 2.09 bits per heavy atom. The van der Waals surface area contributed by atoms with Gasteiger partial charge in [-0.2, -0.15) is 0 Å². The summed E-state index contributed by atoms with van der Waals surface area (Å²) >= 11 is 0. The fourth-order valence-electron chi connectivity index (χ4n) is 3.90. The van der Waals surface area contributed by atoms with Crippen molar-refractivity contribution in [1.29, 1.82) is 0 Å². The Balaban J connectivity index is 1.38. The molecule has 3 N–H and O–H groups in total. The average molecular weight is 499 g/mol. The van der Waals surface area contributed by atoms with Crippen molar-refractivity contribution in [3.63, 3.8) is 0 Å².